The fourth-order valence-electron chi connectivity index (χ4n) is 2.07. The second-order valence-electron chi connectivity index (χ2n) is 5.75. The maximum Gasteiger partial charge on any atom is 0.226 e. The van der Waals surface area contributed by atoms with Gasteiger partial charge in [-0.3, -0.25) is 0 Å². The summed E-state index contributed by atoms with van der Waals surface area (Å²) in [5, 5.41) is 9.16. The van der Waals surface area contributed by atoms with E-state index in [-0.39, 0.29) is 12.0 Å². The Labute approximate surface area is 119 Å². The summed E-state index contributed by atoms with van der Waals surface area (Å²) in [4.78, 5) is 4.52. The summed E-state index contributed by atoms with van der Waals surface area (Å²) < 4.78 is 11.1. The number of aliphatic hydroxyl groups is 1. The Morgan fingerprint density at radius 3 is 2.35 bits per heavy atom. The molecule has 0 fully saturated rings. The lowest BCUT2D eigenvalue weighted by atomic mass is 9.91. The molecule has 1 N–H and O–H groups in total. The van der Waals surface area contributed by atoms with Crippen LogP contribution in [0.2, 0.25) is 0 Å². The van der Waals surface area contributed by atoms with Crippen LogP contribution in [0.3, 0.4) is 0 Å². The van der Waals surface area contributed by atoms with Gasteiger partial charge in [0.15, 0.2) is 0 Å². The highest BCUT2D eigenvalue weighted by Crippen LogP contribution is 2.31. The molecule has 1 aromatic carbocycles. The zero-order chi connectivity index (χ0) is 14.8. The highest BCUT2D eigenvalue weighted by Gasteiger charge is 2.25. The number of hydrogen-bond donors (Lipinski definition) is 1. The lowest BCUT2D eigenvalue weighted by Crippen LogP contribution is -2.13. The first-order valence-electron chi connectivity index (χ1n) is 6.71. The van der Waals surface area contributed by atoms with Crippen molar-refractivity contribution in [2.75, 3.05) is 13.7 Å². The van der Waals surface area contributed by atoms with Crippen molar-refractivity contribution >= 4 is 0 Å². The minimum absolute atomic E-state index is 0.0671. The third-order valence-electron chi connectivity index (χ3n) is 3.06. The molecule has 4 heteroatoms. The highest BCUT2D eigenvalue weighted by molar-refractivity contribution is 5.55. The molecular formula is C16H21NO3. The SMILES string of the molecule is COc1ccc(-c2nc(CCO)c(C(C)(C)C)o2)cc1. The first kappa shape index (κ1) is 14.6. The largest absolute Gasteiger partial charge is 0.497 e. The predicted molar refractivity (Wildman–Crippen MR) is 78.0 cm³/mol. The van der Waals surface area contributed by atoms with Crippen LogP contribution >= 0.6 is 0 Å². The van der Waals surface area contributed by atoms with Gasteiger partial charge in [0.25, 0.3) is 0 Å². The summed E-state index contributed by atoms with van der Waals surface area (Å²) in [6.45, 7) is 6.29. The minimum atomic E-state index is -0.137. The molecule has 0 atom stereocenters. The maximum atomic E-state index is 9.16. The van der Waals surface area contributed by atoms with Gasteiger partial charge < -0.3 is 14.3 Å². The van der Waals surface area contributed by atoms with Crippen LogP contribution < -0.4 is 4.74 Å². The third-order valence-corrected chi connectivity index (χ3v) is 3.06. The van der Waals surface area contributed by atoms with Crippen LogP contribution in [0.4, 0.5) is 0 Å². The van der Waals surface area contributed by atoms with Gasteiger partial charge in [-0.1, -0.05) is 20.8 Å². The Morgan fingerprint density at radius 2 is 1.85 bits per heavy atom. The van der Waals surface area contributed by atoms with Crippen LogP contribution in [0.5, 0.6) is 5.75 Å². The van der Waals surface area contributed by atoms with Crippen molar-refractivity contribution in [3.8, 4) is 17.2 Å². The summed E-state index contributed by atoms with van der Waals surface area (Å²) in [7, 11) is 1.64. The Balaban J connectivity index is 2.41. The van der Waals surface area contributed by atoms with Crippen LogP contribution in [-0.4, -0.2) is 23.8 Å². The van der Waals surface area contributed by atoms with E-state index in [1.54, 1.807) is 7.11 Å². The van der Waals surface area contributed by atoms with Crippen molar-refractivity contribution in [1.29, 1.82) is 0 Å². The lowest BCUT2D eigenvalue weighted by Gasteiger charge is -2.15. The van der Waals surface area contributed by atoms with Crippen molar-refractivity contribution in [1.82, 2.24) is 4.98 Å². The zero-order valence-corrected chi connectivity index (χ0v) is 12.4. The number of aromatic nitrogens is 1. The second kappa shape index (κ2) is 5.67. The van der Waals surface area contributed by atoms with E-state index in [0.717, 1.165) is 22.8 Å². The van der Waals surface area contributed by atoms with Crippen LogP contribution in [0.25, 0.3) is 11.5 Å². The molecular weight excluding hydrogens is 254 g/mol. The Bertz CT molecular complexity index is 564. The van der Waals surface area contributed by atoms with Crippen molar-refractivity contribution < 1.29 is 14.3 Å². The fourth-order valence-corrected chi connectivity index (χ4v) is 2.07. The maximum absolute atomic E-state index is 9.16. The number of oxazole rings is 1. The second-order valence-corrected chi connectivity index (χ2v) is 5.75. The van der Waals surface area contributed by atoms with Crippen LogP contribution in [0, 0.1) is 0 Å². The number of rotatable bonds is 4. The Hall–Kier alpha value is -1.81. The van der Waals surface area contributed by atoms with Gasteiger partial charge in [-0.15, -0.1) is 0 Å². The normalized spacial score (nSPS) is 11.7. The van der Waals surface area contributed by atoms with Gasteiger partial charge in [-0.25, -0.2) is 4.98 Å². The summed E-state index contributed by atoms with van der Waals surface area (Å²) in [5.41, 5.74) is 1.59. The van der Waals surface area contributed by atoms with E-state index in [0.29, 0.717) is 12.3 Å². The van der Waals surface area contributed by atoms with Crippen molar-refractivity contribution in [2.24, 2.45) is 0 Å². The molecule has 0 saturated heterocycles. The lowest BCUT2D eigenvalue weighted by molar-refractivity contribution is 0.295. The van der Waals surface area contributed by atoms with E-state index in [2.05, 4.69) is 25.8 Å². The molecule has 0 aliphatic carbocycles. The fraction of sp³-hybridized carbons (Fsp3) is 0.438. The van der Waals surface area contributed by atoms with E-state index in [4.69, 9.17) is 14.3 Å². The summed E-state index contributed by atoms with van der Waals surface area (Å²) in [6.07, 6.45) is 0.506. The third kappa shape index (κ3) is 3.02. The van der Waals surface area contributed by atoms with Crippen molar-refractivity contribution in [2.45, 2.75) is 32.6 Å². The Morgan fingerprint density at radius 1 is 1.20 bits per heavy atom. The molecule has 4 nitrogen and oxygen atoms in total. The number of ether oxygens (including phenoxy) is 1. The first-order valence-corrected chi connectivity index (χ1v) is 6.71. The average Bonchev–Trinajstić information content (AvgIpc) is 2.83. The standard InChI is InChI=1S/C16H21NO3/c1-16(2,3)14-13(9-10-18)17-15(20-14)11-5-7-12(19-4)8-6-11/h5-8,18H,9-10H2,1-4H3. The molecule has 0 saturated carbocycles. The molecule has 20 heavy (non-hydrogen) atoms. The molecule has 0 bridgehead atoms. The summed E-state index contributed by atoms with van der Waals surface area (Å²) in [5.74, 6) is 2.21. The van der Waals surface area contributed by atoms with Crippen molar-refractivity contribution in [3.63, 3.8) is 0 Å². The number of methoxy groups -OCH3 is 1. The molecule has 0 amide bonds. The zero-order valence-electron chi connectivity index (χ0n) is 12.4. The number of aliphatic hydroxyl groups excluding tert-OH is 1. The number of hydrogen-bond acceptors (Lipinski definition) is 4. The van der Waals surface area contributed by atoms with Crippen LogP contribution in [0.15, 0.2) is 28.7 Å². The smallest absolute Gasteiger partial charge is 0.226 e. The summed E-state index contributed by atoms with van der Waals surface area (Å²) >= 11 is 0. The van der Waals surface area contributed by atoms with Crippen LogP contribution in [0.1, 0.15) is 32.2 Å². The van der Waals surface area contributed by atoms with E-state index in [1.165, 1.54) is 0 Å². The quantitative estimate of drug-likeness (QED) is 0.931. The molecule has 0 radical (unpaired) electrons. The van der Waals surface area contributed by atoms with Crippen LogP contribution in [-0.2, 0) is 11.8 Å². The van der Waals surface area contributed by atoms with Gasteiger partial charge >= 0.3 is 0 Å². The molecule has 2 aromatic rings. The molecule has 1 aromatic heterocycles. The van der Waals surface area contributed by atoms with Gasteiger partial charge in [0.05, 0.1) is 12.8 Å². The van der Waals surface area contributed by atoms with Gasteiger partial charge in [0.2, 0.25) is 5.89 Å². The summed E-state index contributed by atoms with van der Waals surface area (Å²) in [6, 6.07) is 7.59. The molecule has 2 rings (SSSR count). The van der Waals surface area contributed by atoms with Gasteiger partial charge in [0.1, 0.15) is 11.5 Å². The van der Waals surface area contributed by atoms with E-state index in [9.17, 15) is 0 Å². The molecule has 1 heterocycles. The van der Waals surface area contributed by atoms with Gasteiger partial charge in [-0.2, -0.15) is 0 Å². The number of nitrogens with zero attached hydrogens (tertiary/aromatic N) is 1. The van der Waals surface area contributed by atoms with E-state index in [1.807, 2.05) is 24.3 Å². The van der Waals surface area contributed by atoms with Crippen molar-refractivity contribution in [3.05, 3.63) is 35.7 Å². The molecule has 0 aliphatic rings. The molecule has 108 valence electrons. The van der Waals surface area contributed by atoms with Gasteiger partial charge in [0, 0.05) is 24.0 Å². The molecule has 0 spiro atoms. The monoisotopic (exact) mass is 275 g/mol. The topological polar surface area (TPSA) is 55.5 Å². The molecule has 0 unspecified atom stereocenters. The predicted octanol–water partition coefficient (Wildman–Crippen LogP) is 3.18. The molecule has 0 aliphatic heterocycles. The highest BCUT2D eigenvalue weighted by atomic mass is 16.5. The Kier molecular flexibility index (Phi) is 4.14. The first-order chi connectivity index (χ1) is 9.45. The van der Waals surface area contributed by atoms with E-state index >= 15 is 0 Å². The van der Waals surface area contributed by atoms with Gasteiger partial charge in [-0.05, 0) is 24.3 Å². The minimum Gasteiger partial charge on any atom is -0.497 e. The van der Waals surface area contributed by atoms with E-state index < -0.39 is 0 Å². The average molecular weight is 275 g/mol. The number of benzene rings is 1.